The van der Waals surface area contributed by atoms with Crippen LogP contribution in [0.5, 0.6) is 0 Å². The number of hydrogen-bond donors (Lipinski definition) is 0. The number of aromatic nitrogens is 2. The fourth-order valence-corrected chi connectivity index (χ4v) is 2.29. The van der Waals surface area contributed by atoms with Crippen molar-refractivity contribution in [3.8, 4) is 6.07 Å². The molecule has 4 nitrogen and oxygen atoms in total. The van der Waals surface area contributed by atoms with Crippen LogP contribution in [0, 0.1) is 11.3 Å². The molecule has 2 aliphatic rings. The Kier molecular flexibility index (Phi) is 2.00. The van der Waals surface area contributed by atoms with E-state index in [2.05, 4.69) is 15.8 Å². The Hall–Kier alpha value is -1.34. The minimum atomic E-state index is 0.541. The summed E-state index contributed by atoms with van der Waals surface area (Å²) in [4.78, 5) is 0. The summed E-state index contributed by atoms with van der Waals surface area (Å²) in [7, 11) is 0. The minimum absolute atomic E-state index is 0.541. The first-order valence-electron chi connectivity index (χ1n) is 5.48. The van der Waals surface area contributed by atoms with Crippen LogP contribution >= 0.6 is 0 Å². The Labute approximate surface area is 88.5 Å². The van der Waals surface area contributed by atoms with E-state index in [4.69, 9.17) is 10.00 Å². The monoisotopic (exact) mass is 203 g/mol. The molecular formula is C11H13N3O. The van der Waals surface area contributed by atoms with E-state index >= 15 is 0 Å². The fourth-order valence-electron chi connectivity index (χ4n) is 2.29. The highest BCUT2D eigenvalue weighted by atomic mass is 16.5. The molecule has 0 N–H and O–H groups in total. The van der Waals surface area contributed by atoms with Crippen molar-refractivity contribution < 1.29 is 4.74 Å². The lowest BCUT2D eigenvalue weighted by Crippen LogP contribution is -2.22. The minimum Gasteiger partial charge on any atom is -0.376 e. The third-order valence-electron chi connectivity index (χ3n) is 3.37. The molecule has 78 valence electrons. The Morgan fingerprint density at radius 2 is 2.33 bits per heavy atom. The van der Waals surface area contributed by atoms with Crippen LogP contribution in [-0.4, -0.2) is 16.4 Å². The number of hydrogen-bond acceptors (Lipinski definition) is 3. The summed E-state index contributed by atoms with van der Waals surface area (Å²) in [6.07, 6.45) is 4.61. The van der Waals surface area contributed by atoms with Crippen molar-refractivity contribution >= 4 is 0 Å². The Balaban J connectivity index is 2.06. The van der Waals surface area contributed by atoms with Gasteiger partial charge in [0.25, 0.3) is 0 Å². The molecule has 0 unspecified atom stereocenters. The van der Waals surface area contributed by atoms with E-state index in [1.54, 1.807) is 0 Å². The highest BCUT2D eigenvalue weighted by Gasteiger charge is 2.28. The molecule has 1 saturated carbocycles. The quantitative estimate of drug-likeness (QED) is 0.695. The summed E-state index contributed by atoms with van der Waals surface area (Å²) in [5.74, 6) is 0. The van der Waals surface area contributed by atoms with Crippen molar-refractivity contribution in [2.24, 2.45) is 0 Å². The van der Waals surface area contributed by atoms with Crippen molar-refractivity contribution in [3.05, 3.63) is 17.0 Å². The molecule has 0 radical (unpaired) electrons. The Morgan fingerprint density at radius 3 is 3.00 bits per heavy atom. The van der Waals surface area contributed by atoms with E-state index < -0.39 is 0 Å². The zero-order valence-corrected chi connectivity index (χ0v) is 8.57. The van der Waals surface area contributed by atoms with E-state index in [1.807, 2.05) is 0 Å². The first-order valence-corrected chi connectivity index (χ1v) is 5.48. The molecule has 0 spiro atoms. The van der Waals surface area contributed by atoms with Crippen molar-refractivity contribution in [1.82, 2.24) is 9.78 Å². The molecule has 1 aliphatic carbocycles. The molecule has 1 aromatic rings. The molecule has 0 saturated heterocycles. The molecule has 2 heterocycles. The van der Waals surface area contributed by atoms with E-state index in [-0.39, 0.29) is 0 Å². The number of ether oxygens (including phenoxy) is 1. The van der Waals surface area contributed by atoms with Gasteiger partial charge in [0, 0.05) is 17.7 Å². The van der Waals surface area contributed by atoms with Gasteiger partial charge >= 0.3 is 0 Å². The molecule has 0 aromatic carbocycles. The average molecular weight is 203 g/mol. The number of nitriles is 1. The number of nitrogens with zero attached hydrogens (tertiary/aromatic N) is 3. The molecule has 1 aliphatic heterocycles. The number of rotatable bonds is 1. The van der Waals surface area contributed by atoms with Gasteiger partial charge in [0.2, 0.25) is 0 Å². The van der Waals surface area contributed by atoms with Crippen LogP contribution in [-0.2, 0) is 17.8 Å². The molecular weight excluding hydrogens is 190 g/mol. The van der Waals surface area contributed by atoms with Crippen molar-refractivity contribution in [2.75, 3.05) is 6.61 Å². The average Bonchev–Trinajstić information content (AvgIpc) is 2.55. The van der Waals surface area contributed by atoms with Gasteiger partial charge < -0.3 is 4.74 Å². The topological polar surface area (TPSA) is 50.8 Å². The maximum absolute atomic E-state index is 9.00. The molecule has 3 rings (SSSR count). The van der Waals surface area contributed by atoms with Crippen molar-refractivity contribution in [1.29, 1.82) is 5.26 Å². The van der Waals surface area contributed by atoms with Crippen LogP contribution in [0.2, 0.25) is 0 Å². The third kappa shape index (κ3) is 1.27. The van der Waals surface area contributed by atoms with Crippen LogP contribution in [0.15, 0.2) is 0 Å². The zero-order chi connectivity index (χ0) is 10.3. The predicted molar refractivity (Wildman–Crippen MR) is 53.2 cm³/mol. The van der Waals surface area contributed by atoms with Crippen LogP contribution in [0.4, 0.5) is 0 Å². The Morgan fingerprint density at radius 1 is 1.47 bits per heavy atom. The summed E-state index contributed by atoms with van der Waals surface area (Å²) < 4.78 is 7.46. The van der Waals surface area contributed by atoms with Gasteiger partial charge in [-0.3, -0.25) is 4.68 Å². The second-order valence-electron chi connectivity index (χ2n) is 4.22. The van der Waals surface area contributed by atoms with Crippen LogP contribution in [0.25, 0.3) is 0 Å². The van der Waals surface area contributed by atoms with E-state index in [9.17, 15) is 0 Å². The molecule has 0 amide bonds. The summed E-state index contributed by atoms with van der Waals surface area (Å²) in [5, 5.41) is 13.4. The zero-order valence-electron chi connectivity index (χ0n) is 8.57. The van der Waals surface area contributed by atoms with Gasteiger partial charge in [0.15, 0.2) is 5.69 Å². The fraction of sp³-hybridized carbons (Fsp3) is 0.636. The summed E-state index contributed by atoms with van der Waals surface area (Å²) in [6.45, 7) is 1.32. The van der Waals surface area contributed by atoms with E-state index in [0.717, 1.165) is 18.6 Å². The maximum Gasteiger partial charge on any atom is 0.168 e. The van der Waals surface area contributed by atoms with Gasteiger partial charge in [-0.15, -0.1) is 0 Å². The van der Waals surface area contributed by atoms with Crippen molar-refractivity contribution in [2.45, 2.75) is 38.3 Å². The first-order chi connectivity index (χ1) is 7.40. The van der Waals surface area contributed by atoms with Gasteiger partial charge in [-0.1, -0.05) is 0 Å². The second kappa shape index (κ2) is 3.35. The molecule has 1 fully saturated rings. The first kappa shape index (κ1) is 8.93. The molecule has 0 bridgehead atoms. The summed E-state index contributed by atoms with van der Waals surface area (Å²) in [6, 6.07) is 2.71. The smallest absolute Gasteiger partial charge is 0.168 e. The highest BCUT2D eigenvalue weighted by molar-refractivity contribution is 5.36. The summed E-state index contributed by atoms with van der Waals surface area (Å²) in [5.41, 5.74) is 2.83. The highest BCUT2D eigenvalue weighted by Crippen LogP contribution is 2.34. The van der Waals surface area contributed by atoms with Gasteiger partial charge in [0.1, 0.15) is 6.07 Å². The third-order valence-corrected chi connectivity index (χ3v) is 3.37. The normalized spacial score (nSPS) is 20.5. The molecule has 4 heteroatoms. The SMILES string of the molecule is N#Cc1nn(C2CCC2)c2c1COCC2. The molecule has 0 atom stereocenters. The predicted octanol–water partition coefficient (Wildman–Crippen LogP) is 1.55. The Bertz CT molecular complexity index is 426. The van der Waals surface area contributed by atoms with E-state index in [0.29, 0.717) is 18.3 Å². The maximum atomic E-state index is 9.00. The number of fused-ring (bicyclic) bond motifs is 1. The van der Waals surface area contributed by atoms with Gasteiger partial charge in [0.05, 0.1) is 19.3 Å². The lowest BCUT2D eigenvalue weighted by atomic mass is 9.93. The van der Waals surface area contributed by atoms with Crippen LogP contribution in [0.1, 0.15) is 42.3 Å². The van der Waals surface area contributed by atoms with Gasteiger partial charge in [-0.05, 0) is 19.3 Å². The van der Waals surface area contributed by atoms with E-state index in [1.165, 1.54) is 25.0 Å². The molecule has 15 heavy (non-hydrogen) atoms. The van der Waals surface area contributed by atoms with Crippen LogP contribution < -0.4 is 0 Å². The van der Waals surface area contributed by atoms with Gasteiger partial charge in [-0.2, -0.15) is 10.4 Å². The second-order valence-corrected chi connectivity index (χ2v) is 4.22. The largest absolute Gasteiger partial charge is 0.376 e. The summed E-state index contributed by atoms with van der Waals surface area (Å²) >= 11 is 0. The lowest BCUT2D eigenvalue weighted by molar-refractivity contribution is 0.107. The lowest BCUT2D eigenvalue weighted by Gasteiger charge is -2.28. The van der Waals surface area contributed by atoms with Crippen LogP contribution in [0.3, 0.4) is 0 Å². The van der Waals surface area contributed by atoms with Crippen molar-refractivity contribution in [3.63, 3.8) is 0 Å². The molecule has 1 aromatic heterocycles. The standard InChI is InChI=1S/C11H13N3O/c12-6-10-9-7-15-5-4-11(9)14(13-10)8-2-1-3-8/h8H,1-5,7H2. The van der Waals surface area contributed by atoms with Gasteiger partial charge in [-0.25, -0.2) is 0 Å².